The summed E-state index contributed by atoms with van der Waals surface area (Å²) in [6, 6.07) is 14.3. The zero-order valence-electron chi connectivity index (χ0n) is 20.3. The molecular formula is C28H23NO8. The van der Waals surface area contributed by atoms with Crippen LogP contribution in [0.15, 0.2) is 60.7 Å². The van der Waals surface area contributed by atoms with Crippen LogP contribution in [0.4, 0.5) is 5.69 Å². The molecule has 4 rings (SSSR count). The molecule has 3 aromatic carbocycles. The molecule has 0 bridgehead atoms. The lowest BCUT2D eigenvalue weighted by Gasteiger charge is -2.18. The number of amides is 1. The fraction of sp³-hybridized carbons (Fsp3) is 0.143. The minimum absolute atomic E-state index is 0.201. The number of carbonyl (C=O) groups is 4. The Morgan fingerprint density at radius 2 is 1.38 bits per heavy atom. The number of ketones is 2. The fourth-order valence-electron chi connectivity index (χ4n) is 3.92. The monoisotopic (exact) mass is 501 g/mol. The molecule has 9 nitrogen and oxygen atoms in total. The average molecular weight is 501 g/mol. The molecule has 0 unspecified atom stereocenters. The Morgan fingerprint density at radius 3 is 1.97 bits per heavy atom. The molecule has 0 atom stereocenters. The van der Waals surface area contributed by atoms with Gasteiger partial charge in [-0.1, -0.05) is 24.3 Å². The van der Waals surface area contributed by atoms with E-state index in [-0.39, 0.29) is 22.7 Å². The third-order valence-corrected chi connectivity index (χ3v) is 5.65. The molecule has 0 saturated carbocycles. The number of esters is 1. The first-order valence-corrected chi connectivity index (χ1v) is 11.1. The number of fused-ring (bicyclic) bond motifs is 2. The van der Waals surface area contributed by atoms with Gasteiger partial charge in [-0.2, -0.15) is 0 Å². The molecular weight excluding hydrogens is 478 g/mol. The number of hydrogen-bond donors (Lipinski definition) is 1. The number of carbonyl (C=O) groups excluding carboxylic acids is 4. The Balaban J connectivity index is 1.38. The second-order valence-electron chi connectivity index (χ2n) is 7.91. The topological polar surface area (TPSA) is 117 Å². The third kappa shape index (κ3) is 5.20. The fourth-order valence-corrected chi connectivity index (χ4v) is 3.92. The first-order valence-electron chi connectivity index (χ1n) is 11.1. The first kappa shape index (κ1) is 25.2. The van der Waals surface area contributed by atoms with Gasteiger partial charge in [-0.25, -0.2) is 4.79 Å². The molecule has 0 saturated heterocycles. The summed E-state index contributed by atoms with van der Waals surface area (Å²) in [4.78, 5) is 50.0. The minimum atomic E-state index is -0.744. The van der Waals surface area contributed by atoms with E-state index < -0.39 is 18.5 Å². The average Bonchev–Trinajstić information content (AvgIpc) is 2.92. The number of methoxy groups -OCH3 is 3. The lowest BCUT2D eigenvalue weighted by Crippen LogP contribution is -2.23. The summed E-state index contributed by atoms with van der Waals surface area (Å²) in [5, 5.41) is 2.57. The van der Waals surface area contributed by atoms with Gasteiger partial charge in [-0.15, -0.1) is 0 Å². The van der Waals surface area contributed by atoms with Gasteiger partial charge in [0.05, 0.1) is 21.3 Å². The largest absolute Gasteiger partial charge is 0.493 e. The van der Waals surface area contributed by atoms with E-state index in [0.717, 1.165) is 6.08 Å². The van der Waals surface area contributed by atoms with Crippen LogP contribution in [0.1, 0.15) is 37.4 Å². The van der Waals surface area contributed by atoms with Crippen LogP contribution in [0.25, 0.3) is 6.08 Å². The van der Waals surface area contributed by atoms with Gasteiger partial charge in [0.1, 0.15) is 0 Å². The molecule has 1 N–H and O–H groups in total. The Bertz CT molecular complexity index is 1410. The van der Waals surface area contributed by atoms with Gasteiger partial charge in [0.25, 0.3) is 5.91 Å². The van der Waals surface area contributed by atoms with E-state index in [4.69, 9.17) is 18.9 Å². The normalized spacial score (nSPS) is 12.0. The quantitative estimate of drug-likeness (QED) is 0.287. The highest BCUT2D eigenvalue weighted by Crippen LogP contribution is 2.38. The van der Waals surface area contributed by atoms with Gasteiger partial charge in [0.2, 0.25) is 5.75 Å². The number of hydrogen-bond acceptors (Lipinski definition) is 8. The van der Waals surface area contributed by atoms with E-state index in [1.165, 1.54) is 45.6 Å². The van der Waals surface area contributed by atoms with Crippen LogP contribution in [0, 0.1) is 0 Å². The summed E-state index contributed by atoms with van der Waals surface area (Å²) in [5.41, 5.74) is 2.02. The van der Waals surface area contributed by atoms with Crippen LogP contribution in [0.5, 0.6) is 17.2 Å². The van der Waals surface area contributed by atoms with E-state index in [0.29, 0.717) is 39.6 Å². The molecule has 0 aromatic heterocycles. The van der Waals surface area contributed by atoms with E-state index in [9.17, 15) is 19.2 Å². The number of anilines is 1. The summed E-state index contributed by atoms with van der Waals surface area (Å²) >= 11 is 0. The second-order valence-corrected chi connectivity index (χ2v) is 7.91. The van der Waals surface area contributed by atoms with E-state index in [1.54, 1.807) is 36.4 Å². The summed E-state index contributed by atoms with van der Waals surface area (Å²) in [6.45, 7) is -0.550. The van der Waals surface area contributed by atoms with Crippen LogP contribution in [-0.4, -0.2) is 51.4 Å². The molecule has 1 aliphatic rings. The molecule has 188 valence electrons. The zero-order valence-corrected chi connectivity index (χ0v) is 20.3. The maximum atomic E-state index is 12.8. The Hall–Kier alpha value is -4.92. The summed E-state index contributed by atoms with van der Waals surface area (Å²) < 4.78 is 20.8. The Kier molecular flexibility index (Phi) is 7.34. The molecule has 9 heteroatoms. The van der Waals surface area contributed by atoms with Crippen molar-refractivity contribution in [3.8, 4) is 17.2 Å². The van der Waals surface area contributed by atoms with Gasteiger partial charge in [-0.3, -0.25) is 14.4 Å². The molecule has 1 amide bonds. The first-order chi connectivity index (χ1) is 17.9. The van der Waals surface area contributed by atoms with Crippen molar-refractivity contribution >= 4 is 35.2 Å². The molecule has 0 radical (unpaired) electrons. The highest BCUT2D eigenvalue weighted by Gasteiger charge is 2.29. The van der Waals surface area contributed by atoms with E-state index in [2.05, 4.69) is 5.32 Å². The number of rotatable bonds is 8. The maximum absolute atomic E-state index is 12.8. The molecule has 0 spiro atoms. The molecule has 0 fully saturated rings. The lowest BCUT2D eigenvalue weighted by molar-refractivity contribution is -0.142. The Labute approximate surface area is 212 Å². The zero-order chi connectivity index (χ0) is 26.5. The predicted octanol–water partition coefficient (Wildman–Crippen LogP) is 3.68. The van der Waals surface area contributed by atoms with Crippen LogP contribution in [0.3, 0.4) is 0 Å². The second kappa shape index (κ2) is 10.8. The van der Waals surface area contributed by atoms with E-state index >= 15 is 0 Å². The molecule has 0 aliphatic heterocycles. The molecule has 1 aliphatic carbocycles. The molecule has 3 aromatic rings. The van der Waals surface area contributed by atoms with Crippen molar-refractivity contribution in [3.63, 3.8) is 0 Å². The SMILES string of the molecule is COc1cc(/C=C/C(=O)OCC(=O)Nc2ccc3c(c2)C(=O)c2ccccc2C3=O)cc(OC)c1OC. The number of nitrogens with one attached hydrogen (secondary N) is 1. The minimum Gasteiger partial charge on any atom is -0.493 e. The smallest absolute Gasteiger partial charge is 0.331 e. The van der Waals surface area contributed by atoms with Crippen molar-refractivity contribution in [2.45, 2.75) is 0 Å². The van der Waals surface area contributed by atoms with Crippen molar-refractivity contribution < 1.29 is 38.1 Å². The standard InChI is InChI=1S/C28H23NO8/c1-34-22-12-16(13-23(35-2)28(22)36-3)8-11-25(31)37-15-24(30)29-17-9-10-20-21(14-17)27(33)19-7-5-4-6-18(19)26(20)32/h4-14H,15H2,1-3H3,(H,29,30)/b11-8+. The molecule has 37 heavy (non-hydrogen) atoms. The van der Waals surface area contributed by atoms with E-state index in [1.807, 2.05) is 0 Å². The Morgan fingerprint density at radius 1 is 0.784 bits per heavy atom. The highest BCUT2D eigenvalue weighted by molar-refractivity contribution is 6.28. The van der Waals surface area contributed by atoms with Gasteiger partial charge in [0, 0.05) is 34.0 Å². The number of ether oxygens (including phenoxy) is 4. The predicted molar refractivity (Wildman–Crippen MR) is 134 cm³/mol. The van der Waals surface area contributed by atoms with Crippen LogP contribution in [0.2, 0.25) is 0 Å². The lowest BCUT2D eigenvalue weighted by atomic mass is 9.84. The summed E-state index contributed by atoms with van der Waals surface area (Å²) in [5.74, 6) is -0.651. The van der Waals surface area contributed by atoms with Crippen molar-refractivity contribution in [3.05, 3.63) is 88.5 Å². The van der Waals surface area contributed by atoms with Gasteiger partial charge in [-0.05, 0) is 42.0 Å². The van der Waals surface area contributed by atoms with Gasteiger partial charge >= 0.3 is 5.97 Å². The summed E-state index contributed by atoms with van der Waals surface area (Å²) in [6.07, 6.45) is 2.64. The summed E-state index contributed by atoms with van der Waals surface area (Å²) in [7, 11) is 4.44. The maximum Gasteiger partial charge on any atom is 0.331 e. The van der Waals surface area contributed by atoms with Crippen molar-refractivity contribution in [1.82, 2.24) is 0 Å². The van der Waals surface area contributed by atoms with Crippen molar-refractivity contribution in [1.29, 1.82) is 0 Å². The van der Waals surface area contributed by atoms with Crippen molar-refractivity contribution in [2.24, 2.45) is 0 Å². The van der Waals surface area contributed by atoms with Crippen LogP contribution in [-0.2, 0) is 14.3 Å². The molecule has 0 heterocycles. The third-order valence-electron chi connectivity index (χ3n) is 5.65. The van der Waals surface area contributed by atoms with Crippen molar-refractivity contribution in [2.75, 3.05) is 33.3 Å². The van der Waals surface area contributed by atoms with Gasteiger partial charge in [0.15, 0.2) is 29.7 Å². The van der Waals surface area contributed by atoms with Crippen LogP contribution < -0.4 is 19.5 Å². The highest BCUT2D eigenvalue weighted by atomic mass is 16.5. The van der Waals surface area contributed by atoms with Crippen LogP contribution >= 0.6 is 0 Å². The van der Waals surface area contributed by atoms with Gasteiger partial charge < -0.3 is 24.3 Å². The number of benzene rings is 3.